The third-order valence-corrected chi connectivity index (χ3v) is 5.38. The SMILES string of the molecule is CC.CC.CC1CCCCC1.CCc1cc(-c2ccc(N(C)C(C)=O)cc2)ccc1F. The molecule has 0 unspecified atom stereocenters. The molecule has 1 fully saturated rings. The molecule has 3 rings (SSSR count). The number of aryl methyl sites for hydroxylation is 1. The Balaban J connectivity index is 0.000000681. The quantitative estimate of drug-likeness (QED) is 0.478. The summed E-state index contributed by atoms with van der Waals surface area (Å²) in [5, 5.41) is 0. The first-order valence-electron chi connectivity index (χ1n) is 12.1. The highest BCUT2D eigenvalue weighted by Crippen LogP contribution is 2.25. The van der Waals surface area contributed by atoms with Gasteiger partial charge in [0.2, 0.25) is 5.91 Å². The molecule has 2 nitrogen and oxygen atoms in total. The van der Waals surface area contributed by atoms with Gasteiger partial charge in [-0.1, -0.05) is 91.8 Å². The Morgan fingerprint density at radius 3 is 1.87 bits per heavy atom. The molecule has 0 N–H and O–H groups in total. The first-order valence-corrected chi connectivity index (χ1v) is 12.1. The molecule has 1 saturated carbocycles. The van der Waals surface area contributed by atoms with Crippen LogP contribution in [0.5, 0.6) is 0 Å². The lowest BCUT2D eigenvalue weighted by molar-refractivity contribution is -0.116. The van der Waals surface area contributed by atoms with Gasteiger partial charge in [-0.15, -0.1) is 0 Å². The van der Waals surface area contributed by atoms with E-state index in [9.17, 15) is 9.18 Å². The highest BCUT2D eigenvalue weighted by molar-refractivity contribution is 5.91. The molecule has 0 atom stereocenters. The van der Waals surface area contributed by atoms with E-state index >= 15 is 0 Å². The second kappa shape index (κ2) is 16.5. The minimum atomic E-state index is -0.163. The average molecular weight is 430 g/mol. The van der Waals surface area contributed by atoms with Crippen molar-refractivity contribution in [3.05, 3.63) is 53.8 Å². The van der Waals surface area contributed by atoms with Crippen molar-refractivity contribution in [2.45, 2.75) is 87.0 Å². The largest absolute Gasteiger partial charge is 0.316 e. The van der Waals surface area contributed by atoms with E-state index in [0.29, 0.717) is 12.0 Å². The van der Waals surface area contributed by atoms with Crippen molar-refractivity contribution in [1.29, 1.82) is 0 Å². The van der Waals surface area contributed by atoms with Crippen molar-refractivity contribution in [2.24, 2.45) is 5.92 Å². The van der Waals surface area contributed by atoms with Gasteiger partial charge in [0.1, 0.15) is 5.82 Å². The Morgan fingerprint density at radius 1 is 0.935 bits per heavy atom. The van der Waals surface area contributed by atoms with Crippen LogP contribution in [0.25, 0.3) is 11.1 Å². The lowest BCUT2D eigenvalue weighted by Crippen LogP contribution is -2.22. The summed E-state index contributed by atoms with van der Waals surface area (Å²) in [5.41, 5.74) is 3.56. The first kappa shape index (κ1) is 28.8. The molecule has 2 aromatic carbocycles. The predicted molar refractivity (Wildman–Crippen MR) is 135 cm³/mol. The standard InChI is InChI=1S/C17H18FNO.C7H14.2C2H6/c1-4-13-11-15(7-10-17(13)18)14-5-8-16(9-6-14)19(3)12(2)20;1-7-5-3-2-4-6-7;2*1-2/h5-11H,4H2,1-3H3;7H,2-6H2,1H3;2*1-2H3. The number of benzene rings is 2. The smallest absolute Gasteiger partial charge is 0.223 e. The van der Waals surface area contributed by atoms with Gasteiger partial charge in [0.25, 0.3) is 0 Å². The molecule has 3 heteroatoms. The van der Waals surface area contributed by atoms with Crippen LogP contribution in [0.15, 0.2) is 42.5 Å². The summed E-state index contributed by atoms with van der Waals surface area (Å²) in [6, 6.07) is 12.8. The van der Waals surface area contributed by atoms with Crippen molar-refractivity contribution in [1.82, 2.24) is 0 Å². The highest BCUT2D eigenvalue weighted by atomic mass is 19.1. The third-order valence-electron chi connectivity index (χ3n) is 5.38. The van der Waals surface area contributed by atoms with E-state index in [1.165, 1.54) is 45.1 Å². The molecule has 0 heterocycles. The minimum Gasteiger partial charge on any atom is -0.316 e. The van der Waals surface area contributed by atoms with Crippen molar-refractivity contribution >= 4 is 11.6 Å². The summed E-state index contributed by atoms with van der Waals surface area (Å²) in [6.45, 7) is 13.8. The monoisotopic (exact) mass is 429 g/mol. The van der Waals surface area contributed by atoms with Crippen LogP contribution in [0.1, 0.15) is 86.1 Å². The maximum atomic E-state index is 13.5. The van der Waals surface area contributed by atoms with Crippen LogP contribution in [-0.2, 0) is 11.2 Å². The number of halogens is 1. The highest BCUT2D eigenvalue weighted by Gasteiger charge is 2.07. The Morgan fingerprint density at radius 2 is 1.45 bits per heavy atom. The molecule has 0 aromatic heterocycles. The Kier molecular flexibility index (Phi) is 15.4. The summed E-state index contributed by atoms with van der Waals surface area (Å²) in [5.74, 6) is 0.866. The molecule has 0 spiro atoms. The molecule has 0 bridgehead atoms. The van der Waals surface area contributed by atoms with Gasteiger partial charge in [0.15, 0.2) is 0 Å². The number of hydrogen-bond donors (Lipinski definition) is 0. The van der Waals surface area contributed by atoms with Gasteiger partial charge in [-0.3, -0.25) is 4.79 Å². The van der Waals surface area contributed by atoms with Gasteiger partial charge >= 0.3 is 0 Å². The number of rotatable bonds is 3. The zero-order valence-corrected chi connectivity index (χ0v) is 21.1. The molecule has 1 amide bonds. The number of hydrogen-bond acceptors (Lipinski definition) is 1. The van der Waals surface area contributed by atoms with E-state index < -0.39 is 0 Å². The van der Waals surface area contributed by atoms with Crippen LogP contribution in [0.4, 0.5) is 10.1 Å². The maximum absolute atomic E-state index is 13.5. The molecule has 1 aliphatic carbocycles. The van der Waals surface area contributed by atoms with E-state index in [1.54, 1.807) is 18.0 Å². The first-order chi connectivity index (χ1) is 14.9. The average Bonchev–Trinajstić information content (AvgIpc) is 2.82. The van der Waals surface area contributed by atoms with Gasteiger partial charge in [0.05, 0.1) is 0 Å². The zero-order chi connectivity index (χ0) is 23.8. The van der Waals surface area contributed by atoms with Gasteiger partial charge in [-0.25, -0.2) is 4.39 Å². The Bertz CT molecular complexity index is 733. The molecule has 2 aromatic rings. The number of anilines is 1. The molecule has 31 heavy (non-hydrogen) atoms. The summed E-state index contributed by atoms with van der Waals surface area (Å²) in [6.07, 6.45) is 8.11. The molecule has 1 aliphatic rings. The maximum Gasteiger partial charge on any atom is 0.223 e. The van der Waals surface area contributed by atoms with E-state index in [2.05, 4.69) is 6.92 Å². The summed E-state index contributed by atoms with van der Waals surface area (Å²) >= 11 is 0. The minimum absolute atomic E-state index is 0.00667. The van der Waals surface area contributed by atoms with Crippen LogP contribution in [0.2, 0.25) is 0 Å². The van der Waals surface area contributed by atoms with Gasteiger partial charge in [-0.2, -0.15) is 0 Å². The Labute approximate surface area is 190 Å². The van der Waals surface area contributed by atoms with Crippen LogP contribution in [-0.4, -0.2) is 13.0 Å². The van der Waals surface area contributed by atoms with Gasteiger partial charge in [-0.05, 0) is 53.3 Å². The van der Waals surface area contributed by atoms with Crippen LogP contribution in [0, 0.1) is 11.7 Å². The second-order valence-corrected chi connectivity index (χ2v) is 7.53. The fraction of sp³-hybridized carbons (Fsp3) is 0.536. The topological polar surface area (TPSA) is 20.3 Å². The predicted octanol–water partition coefficient (Wildman–Crippen LogP) is 8.68. The van der Waals surface area contributed by atoms with Crippen molar-refractivity contribution in [3.8, 4) is 11.1 Å². The molecule has 0 aliphatic heterocycles. The summed E-state index contributed by atoms with van der Waals surface area (Å²) in [4.78, 5) is 12.9. The van der Waals surface area contributed by atoms with Crippen molar-refractivity contribution < 1.29 is 9.18 Å². The Hall–Kier alpha value is -2.16. The van der Waals surface area contributed by atoms with Crippen molar-refractivity contribution in [2.75, 3.05) is 11.9 Å². The molecule has 0 radical (unpaired) electrons. The van der Waals surface area contributed by atoms with Crippen molar-refractivity contribution in [3.63, 3.8) is 0 Å². The third kappa shape index (κ3) is 10.1. The van der Waals surface area contributed by atoms with Crippen LogP contribution >= 0.6 is 0 Å². The molecular weight excluding hydrogens is 385 g/mol. The fourth-order valence-electron chi connectivity index (χ4n) is 3.39. The van der Waals surface area contributed by atoms with Crippen LogP contribution < -0.4 is 4.90 Å². The fourth-order valence-corrected chi connectivity index (χ4v) is 3.39. The number of amides is 1. The van der Waals surface area contributed by atoms with Gasteiger partial charge in [0, 0.05) is 19.7 Å². The van der Waals surface area contributed by atoms with E-state index in [0.717, 1.165) is 22.7 Å². The number of carbonyl (C=O) groups is 1. The lowest BCUT2D eigenvalue weighted by atomic mass is 9.91. The summed E-state index contributed by atoms with van der Waals surface area (Å²) in [7, 11) is 1.74. The zero-order valence-electron chi connectivity index (χ0n) is 21.1. The lowest BCUT2D eigenvalue weighted by Gasteiger charge is -2.15. The molecular formula is C28H44FNO. The normalized spacial score (nSPS) is 12.8. The second-order valence-electron chi connectivity index (χ2n) is 7.53. The summed E-state index contributed by atoms with van der Waals surface area (Å²) < 4.78 is 13.5. The number of carbonyl (C=O) groups excluding carboxylic acids is 1. The van der Waals surface area contributed by atoms with E-state index in [4.69, 9.17) is 0 Å². The van der Waals surface area contributed by atoms with Crippen LogP contribution in [0.3, 0.4) is 0 Å². The molecule has 0 saturated heterocycles. The van der Waals surface area contributed by atoms with E-state index in [-0.39, 0.29) is 11.7 Å². The molecule has 174 valence electrons. The number of nitrogens with zero attached hydrogens (tertiary/aromatic N) is 1. The van der Waals surface area contributed by atoms with Gasteiger partial charge < -0.3 is 4.90 Å². The van der Waals surface area contributed by atoms with E-state index in [1.807, 2.05) is 65.0 Å².